The molecule has 1 fully saturated rings. The molecule has 1 aromatic rings. The molecule has 1 unspecified atom stereocenters. The molecule has 1 heterocycles. The van der Waals surface area contributed by atoms with Crippen LogP contribution in [0, 0.1) is 5.92 Å². The van der Waals surface area contributed by atoms with Gasteiger partial charge in [-0.05, 0) is 19.3 Å². The van der Waals surface area contributed by atoms with Crippen molar-refractivity contribution in [3.05, 3.63) is 47.2 Å². The summed E-state index contributed by atoms with van der Waals surface area (Å²) in [6, 6.07) is 7.62. The lowest BCUT2D eigenvalue weighted by Crippen LogP contribution is -2.43. The topological polar surface area (TPSA) is 74.7 Å². The first-order chi connectivity index (χ1) is 11.6. The van der Waals surface area contributed by atoms with Gasteiger partial charge in [0.2, 0.25) is 0 Å². The quantitative estimate of drug-likeness (QED) is 0.781. The number of rotatable bonds is 7. The lowest BCUT2D eigenvalue weighted by Gasteiger charge is -2.25. The second-order valence-corrected chi connectivity index (χ2v) is 6.39. The number of unbranched alkanes of at least 4 members (excludes halogenated alkanes) is 1. The average molecular weight is 327 g/mol. The first-order valence-corrected chi connectivity index (χ1v) is 8.43. The van der Waals surface area contributed by atoms with E-state index in [2.05, 4.69) is 0 Å². The fraction of sp³-hybridized carbons (Fsp3) is 0.421. The Labute approximate surface area is 141 Å². The number of carbonyl (C=O) groups is 3. The standard InChI is InChI=1S/C19H21NO4/c1-2-3-11-20-15(17(22)12-7-5-4-6-8-12)14(18(23)19(20)24)16(21)13-9-10-13/h4-8,13,15,23H,2-3,9-11H2,1H3. The third-order valence-corrected chi connectivity index (χ3v) is 4.58. The van der Waals surface area contributed by atoms with Gasteiger partial charge in [0.15, 0.2) is 17.3 Å². The van der Waals surface area contributed by atoms with Crippen LogP contribution in [0.4, 0.5) is 0 Å². The molecule has 1 saturated carbocycles. The summed E-state index contributed by atoms with van der Waals surface area (Å²) < 4.78 is 0. The van der Waals surface area contributed by atoms with Crippen molar-refractivity contribution in [1.29, 1.82) is 0 Å². The normalized spacial score (nSPS) is 20.6. The smallest absolute Gasteiger partial charge is 0.290 e. The molecule has 5 nitrogen and oxygen atoms in total. The molecule has 0 radical (unpaired) electrons. The van der Waals surface area contributed by atoms with Gasteiger partial charge in [-0.25, -0.2) is 0 Å². The van der Waals surface area contributed by atoms with Gasteiger partial charge in [0.1, 0.15) is 6.04 Å². The first kappa shape index (κ1) is 16.4. The van der Waals surface area contributed by atoms with Gasteiger partial charge < -0.3 is 10.0 Å². The minimum absolute atomic E-state index is 0.00699. The van der Waals surface area contributed by atoms with Crippen LogP contribution in [-0.2, 0) is 9.59 Å². The summed E-state index contributed by atoms with van der Waals surface area (Å²) in [6.07, 6.45) is 3.07. The minimum atomic E-state index is -1.00. The van der Waals surface area contributed by atoms with Crippen LogP contribution < -0.4 is 0 Å². The van der Waals surface area contributed by atoms with E-state index in [0.29, 0.717) is 18.5 Å². The SMILES string of the molecule is CCCCN1C(=O)C(O)=C(C(=O)C2CC2)C1C(=O)c1ccccc1. The van der Waals surface area contributed by atoms with Gasteiger partial charge in [-0.3, -0.25) is 14.4 Å². The maximum absolute atomic E-state index is 13.0. The summed E-state index contributed by atoms with van der Waals surface area (Å²) in [4.78, 5) is 39.3. The number of ketones is 2. The number of benzene rings is 1. The predicted octanol–water partition coefficient (Wildman–Crippen LogP) is 2.67. The van der Waals surface area contributed by atoms with E-state index in [0.717, 1.165) is 19.3 Å². The highest BCUT2D eigenvalue weighted by atomic mass is 16.3. The molecule has 0 saturated heterocycles. The fourth-order valence-corrected chi connectivity index (χ4v) is 3.06. The van der Waals surface area contributed by atoms with Crippen LogP contribution >= 0.6 is 0 Å². The zero-order valence-corrected chi connectivity index (χ0v) is 13.7. The molecule has 0 spiro atoms. The largest absolute Gasteiger partial charge is 0.503 e. The molecule has 24 heavy (non-hydrogen) atoms. The highest BCUT2D eigenvalue weighted by Crippen LogP contribution is 2.38. The van der Waals surface area contributed by atoms with E-state index in [4.69, 9.17) is 0 Å². The average Bonchev–Trinajstić information content (AvgIpc) is 3.41. The van der Waals surface area contributed by atoms with E-state index >= 15 is 0 Å². The molecule has 1 aliphatic carbocycles. The lowest BCUT2D eigenvalue weighted by molar-refractivity contribution is -0.128. The van der Waals surface area contributed by atoms with E-state index in [1.807, 2.05) is 6.92 Å². The van der Waals surface area contributed by atoms with Gasteiger partial charge in [-0.15, -0.1) is 0 Å². The fourth-order valence-electron chi connectivity index (χ4n) is 3.06. The van der Waals surface area contributed by atoms with Crippen molar-refractivity contribution >= 4 is 17.5 Å². The van der Waals surface area contributed by atoms with E-state index in [-0.39, 0.29) is 23.1 Å². The molecule has 3 rings (SSSR count). The van der Waals surface area contributed by atoms with Crippen LogP contribution in [-0.4, -0.2) is 40.1 Å². The number of hydrogen-bond acceptors (Lipinski definition) is 4. The Morgan fingerprint density at radius 1 is 1.17 bits per heavy atom. The van der Waals surface area contributed by atoms with Crippen LogP contribution in [0.25, 0.3) is 0 Å². The Balaban J connectivity index is 1.99. The van der Waals surface area contributed by atoms with Crippen molar-refractivity contribution in [1.82, 2.24) is 4.90 Å². The highest BCUT2D eigenvalue weighted by Gasteiger charge is 2.49. The number of hydrogen-bond donors (Lipinski definition) is 1. The van der Waals surface area contributed by atoms with Crippen molar-refractivity contribution in [3.8, 4) is 0 Å². The lowest BCUT2D eigenvalue weighted by atomic mass is 9.93. The van der Waals surface area contributed by atoms with E-state index in [9.17, 15) is 19.5 Å². The van der Waals surface area contributed by atoms with Gasteiger partial charge in [0, 0.05) is 18.0 Å². The summed E-state index contributed by atoms with van der Waals surface area (Å²) in [5.74, 6) is -1.88. The minimum Gasteiger partial charge on any atom is -0.503 e. The Kier molecular flexibility index (Phi) is 4.51. The van der Waals surface area contributed by atoms with E-state index < -0.39 is 17.7 Å². The van der Waals surface area contributed by atoms with Gasteiger partial charge in [0.25, 0.3) is 5.91 Å². The molecule has 1 N–H and O–H groups in total. The molecule has 126 valence electrons. The molecular formula is C19H21NO4. The van der Waals surface area contributed by atoms with E-state index in [1.165, 1.54) is 4.90 Å². The number of nitrogens with zero attached hydrogens (tertiary/aromatic N) is 1. The maximum atomic E-state index is 13.0. The van der Waals surface area contributed by atoms with Crippen LogP contribution in [0.2, 0.25) is 0 Å². The molecule has 0 bridgehead atoms. The highest BCUT2D eigenvalue weighted by molar-refractivity contribution is 6.18. The molecular weight excluding hydrogens is 306 g/mol. The van der Waals surface area contributed by atoms with Gasteiger partial charge in [0.05, 0.1) is 5.57 Å². The third kappa shape index (κ3) is 2.86. The Bertz CT molecular complexity index is 703. The maximum Gasteiger partial charge on any atom is 0.290 e. The number of aliphatic hydroxyl groups is 1. The second kappa shape index (κ2) is 6.59. The molecule has 1 aliphatic heterocycles. The van der Waals surface area contributed by atoms with Crippen molar-refractivity contribution < 1.29 is 19.5 Å². The van der Waals surface area contributed by atoms with Crippen molar-refractivity contribution in [2.24, 2.45) is 5.92 Å². The Morgan fingerprint density at radius 2 is 1.83 bits per heavy atom. The van der Waals surface area contributed by atoms with Crippen LogP contribution in [0.15, 0.2) is 41.7 Å². The summed E-state index contributed by atoms with van der Waals surface area (Å²) >= 11 is 0. The predicted molar refractivity (Wildman–Crippen MR) is 88.6 cm³/mol. The molecule has 2 aliphatic rings. The third-order valence-electron chi connectivity index (χ3n) is 4.58. The molecule has 0 aromatic heterocycles. The van der Waals surface area contributed by atoms with Gasteiger partial charge in [-0.1, -0.05) is 43.7 Å². The molecule has 1 amide bonds. The van der Waals surface area contributed by atoms with Crippen LogP contribution in [0.1, 0.15) is 43.0 Å². The monoisotopic (exact) mass is 327 g/mol. The zero-order valence-electron chi connectivity index (χ0n) is 13.7. The van der Waals surface area contributed by atoms with Crippen LogP contribution in [0.3, 0.4) is 0 Å². The van der Waals surface area contributed by atoms with Crippen molar-refractivity contribution in [3.63, 3.8) is 0 Å². The summed E-state index contributed by atoms with van der Waals surface area (Å²) in [7, 11) is 0. The number of Topliss-reactive ketones (excluding diaryl/α,β-unsaturated/α-hetero) is 2. The molecule has 5 heteroatoms. The molecule has 1 atom stereocenters. The summed E-state index contributed by atoms with van der Waals surface area (Å²) in [6.45, 7) is 2.34. The Morgan fingerprint density at radius 3 is 2.42 bits per heavy atom. The Hall–Kier alpha value is -2.43. The van der Waals surface area contributed by atoms with Gasteiger partial charge >= 0.3 is 0 Å². The number of aliphatic hydroxyl groups excluding tert-OH is 1. The van der Waals surface area contributed by atoms with Gasteiger partial charge in [-0.2, -0.15) is 0 Å². The van der Waals surface area contributed by atoms with Crippen LogP contribution in [0.5, 0.6) is 0 Å². The molecule has 1 aromatic carbocycles. The summed E-state index contributed by atoms with van der Waals surface area (Å²) in [5, 5.41) is 10.3. The second-order valence-electron chi connectivity index (χ2n) is 6.39. The summed E-state index contributed by atoms with van der Waals surface area (Å²) in [5.41, 5.74) is 0.431. The van der Waals surface area contributed by atoms with Crippen molar-refractivity contribution in [2.45, 2.75) is 38.6 Å². The number of amides is 1. The zero-order chi connectivity index (χ0) is 17.3. The first-order valence-electron chi connectivity index (χ1n) is 8.43. The van der Waals surface area contributed by atoms with Crippen molar-refractivity contribution in [2.75, 3.05) is 6.54 Å². The van der Waals surface area contributed by atoms with E-state index in [1.54, 1.807) is 30.3 Å². The number of carbonyl (C=O) groups excluding carboxylic acids is 3.